The smallest absolute Gasteiger partial charge is 0.294 e. The maximum Gasteiger partial charge on any atom is 0.294 e. The van der Waals surface area contributed by atoms with Crippen LogP contribution in [0.25, 0.3) is 0 Å². The highest BCUT2D eigenvalue weighted by Crippen LogP contribution is 2.33. The second kappa shape index (κ2) is 13.4. The first-order valence-electron chi connectivity index (χ1n) is 11.5. The topological polar surface area (TPSA) is 83.8 Å². The van der Waals surface area contributed by atoms with Gasteiger partial charge in [0.1, 0.15) is 5.75 Å². The molecule has 2 rings (SSSR count). The van der Waals surface area contributed by atoms with Crippen LogP contribution in [-0.2, 0) is 16.5 Å². The van der Waals surface area contributed by atoms with Gasteiger partial charge in [-0.15, -0.1) is 0 Å². The molecule has 0 unspecified atom stereocenters. The highest BCUT2D eigenvalue weighted by molar-refractivity contribution is 7.85. The molecule has 2 aromatic carbocycles. The Kier molecular flexibility index (Phi) is 10.9. The molecular weight excluding hydrogens is 412 g/mol. The van der Waals surface area contributed by atoms with Crippen LogP contribution in [0.2, 0.25) is 0 Å². The van der Waals surface area contributed by atoms with Gasteiger partial charge in [0.2, 0.25) is 0 Å². The van der Waals surface area contributed by atoms with Crippen LogP contribution in [0.4, 0.5) is 0 Å². The number of hydrogen-bond donors (Lipinski definition) is 2. The second-order valence-corrected chi connectivity index (χ2v) is 9.56. The van der Waals surface area contributed by atoms with Gasteiger partial charge in [0.15, 0.2) is 11.5 Å². The van der Waals surface area contributed by atoms with Gasteiger partial charge in [-0.2, -0.15) is 8.42 Å². The van der Waals surface area contributed by atoms with Gasteiger partial charge >= 0.3 is 0 Å². The molecule has 0 aliphatic carbocycles. The fraction of sp³-hybridized carbons (Fsp3) is 0.520. The summed E-state index contributed by atoms with van der Waals surface area (Å²) >= 11 is 0. The lowest BCUT2D eigenvalue weighted by Gasteiger charge is -2.10. The summed E-state index contributed by atoms with van der Waals surface area (Å²) in [5, 5.41) is 9.95. The van der Waals surface area contributed by atoms with Crippen molar-refractivity contribution in [1.82, 2.24) is 0 Å². The molecule has 0 amide bonds. The molecule has 0 aromatic heterocycles. The van der Waals surface area contributed by atoms with Gasteiger partial charge in [-0.3, -0.25) is 4.55 Å². The number of phenols is 1. The second-order valence-electron chi connectivity index (χ2n) is 8.14. The first-order valence-corrected chi connectivity index (χ1v) is 12.9. The van der Waals surface area contributed by atoms with E-state index in [2.05, 4.69) is 6.92 Å². The van der Waals surface area contributed by atoms with Crippen molar-refractivity contribution < 1.29 is 22.8 Å². The van der Waals surface area contributed by atoms with Crippen LogP contribution in [0.5, 0.6) is 17.2 Å². The van der Waals surface area contributed by atoms with E-state index in [1.165, 1.54) is 70.3 Å². The molecule has 0 fully saturated rings. The van der Waals surface area contributed by atoms with Gasteiger partial charge < -0.3 is 9.84 Å². The largest absolute Gasteiger partial charge is 0.504 e. The van der Waals surface area contributed by atoms with Crippen molar-refractivity contribution in [3.05, 3.63) is 48.0 Å². The summed E-state index contributed by atoms with van der Waals surface area (Å²) in [6.07, 6.45) is 15.3. The summed E-state index contributed by atoms with van der Waals surface area (Å²) in [7, 11) is -4.36. The minimum Gasteiger partial charge on any atom is -0.504 e. The Balaban J connectivity index is 1.73. The molecule has 5 nitrogen and oxygen atoms in total. The normalized spacial score (nSPS) is 11.5. The molecule has 0 saturated carbocycles. The first-order chi connectivity index (χ1) is 14.9. The summed E-state index contributed by atoms with van der Waals surface area (Å²) in [5.74, 6) is 0.313. The number of aromatic hydroxyl groups is 1. The number of aryl methyl sites for hydroxylation is 1. The molecule has 0 atom stereocenters. The number of ether oxygens (including phenoxy) is 1. The monoisotopic (exact) mass is 448 g/mol. The molecule has 0 spiro atoms. The molecule has 0 heterocycles. The predicted octanol–water partition coefficient (Wildman–Crippen LogP) is 7.28. The number of hydrogen-bond acceptors (Lipinski definition) is 4. The summed E-state index contributed by atoms with van der Waals surface area (Å²) in [6.45, 7) is 2.25. The fourth-order valence-corrected chi connectivity index (χ4v) is 4.12. The average molecular weight is 449 g/mol. The molecule has 0 radical (unpaired) electrons. The summed E-state index contributed by atoms with van der Waals surface area (Å²) in [5.41, 5.74) is 1.14. The van der Waals surface area contributed by atoms with E-state index < -0.39 is 10.1 Å². The third-order valence-electron chi connectivity index (χ3n) is 5.42. The molecular formula is C25H36O5S. The predicted molar refractivity (Wildman–Crippen MR) is 125 cm³/mol. The van der Waals surface area contributed by atoms with Crippen LogP contribution in [0, 0.1) is 0 Å². The van der Waals surface area contributed by atoms with Crippen LogP contribution in [0.15, 0.2) is 47.4 Å². The van der Waals surface area contributed by atoms with E-state index in [1.54, 1.807) is 6.07 Å². The summed E-state index contributed by atoms with van der Waals surface area (Å²) in [6, 6.07) is 11.0. The van der Waals surface area contributed by atoms with Gasteiger partial charge in [0.05, 0.1) is 4.90 Å². The fourth-order valence-electron chi connectivity index (χ4n) is 3.62. The van der Waals surface area contributed by atoms with Gasteiger partial charge in [-0.05, 0) is 42.7 Å². The molecule has 0 bridgehead atoms. The maximum atomic E-state index is 11.3. The van der Waals surface area contributed by atoms with E-state index in [4.69, 9.17) is 4.74 Å². The van der Waals surface area contributed by atoms with E-state index in [0.29, 0.717) is 5.75 Å². The van der Waals surface area contributed by atoms with Crippen LogP contribution >= 0.6 is 0 Å². The first kappa shape index (κ1) is 25.2. The van der Waals surface area contributed by atoms with Crippen molar-refractivity contribution in [2.24, 2.45) is 0 Å². The number of phenolic OH excluding ortho intramolecular Hbond substituents is 1. The highest BCUT2D eigenvalue weighted by atomic mass is 32.2. The third kappa shape index (κ3) is 9.74. The molecule has 0 aliphatic heterocycles. The van der Waals surface area contributed by atoms with E-state index in [1.807, 2.05) is 18.2 Å². The number of unbranched alkanes of at least 4 members (excludes halogenated alkanes) is 10. The van der Waals surface area contributed by atoms with Crippen LogP contribution in [0.1, 0.15) is 83.1 Å². The summed E-state index contributed by atoms with van der Waals surface area (Å²) < 4.78 is 37.5. The Labute approximate surface area is 187 Å². The molecule has 31 heavy (non-hydrogen) atoms. The van der Waals surface area contributed by atoms with Gasteiger partial charge in [0, 0.05) is 6.07 Å². The van der Waals surface area contributed by atoms with Crippen molar-refractivity contribution in [3.8, 4) is 17.2 Å². The molecule has 6 heteroatoms. The Morgan fingerprint density at radius 1 is 0.806 bits per heavy atom. The van der Waals surface area contributed by atoms with Gasteiger partial charge in [0.25, 0.3) is 10.1 Å². The lowest BCUT2D eigenvalue weighted by atomic mass is 10.0. The SMILES string of the molecule is CCCCCCCCCCCCCc1cccc(Oc2cc(S(=O)(=O)O)ccc2O)c1. The Morgan fingerprint density at radius 3 is 2.03 bits per heavy atom. The minimum absolute atomic E-state index is 0.0121. The molecule has 0 saturated heterocycles. The molecule has 2 aromatic rings. The van der Waals surface area contributed by atoms with Crippen LogP contribution < -0.4 is 4.74 Å². The van der Waals surface area contributed by atoms with E-state index >= 15 is 0 Å². The third-order valence-corrected chi connectivity index (χ3v) is 6.27. The lowest BCUT2D eigenvalue weighted by molar-refractivity contribution is 0.409. The molecule has 172 valence electrons. The number of rotatable bonds is 15. The van der Waals surface area contributed by atoms with Crippen LogP contribution in [-0.4, -0.2) is 18.1 Å². The van der Waals surface area contributed by atoms with E-state index in [0.717, 1.165) is 30.5 Å². The highest BCUT2D eigenvalue weighted by Gasteiger charge is 2.14. The van der Waals surface area contributed by atoms with Crippen molar-refractivity contribution >= 4 is 10.1 Å². The number of benzene rings is 2. The standard InChI is InChI=1S/C25H36O5S/c1-2-3-4-5-6-7-8-9-10-11-12-14-21-15-13-16-22(19-21)30-25-20-23(31(27,28)29)17-18-24(25)26/h13,15-20,26H,2-12,14H2,1H3,(H,27,28,29). The van der Waals surface area contributed by atoms with Crippen molar-refractivity contribution in [2.45, 2.75) is 88.9 Å². The van der Waals surface area contributed by atoms with Crippen molar-refractivity contribution in [2.75, 3.05) is 0 Å². The Bertz CT molecular complexity index is 893. The zero-order valence-electron chi connectivity index (χ0n) is 18.6. The van der Waals surface area contributed by atoms with Crippen LogP contribution in [0.3, 0.4) is 0 Å². The molecule has 0 aliphatic rings. The van der Waals surface area contributed by atoms with E-state index in [-0.39, 0.29) is 16.4 Å². The quantitative estimate of drug-likeness (QED) is 0.221. The van der Waals surface area contributed by atoms with Gasteiger partial charge in [-0.1, -0.05) is 83.3 Å². The zero-order chi connectivity index (χ0) is 22.5. The molecule has 2 N–H and O–H groups in total. The lowest BCUT2D eigenvalue weighted by Crippen LogP contribution is -1.98. The van der Waals surface area contributed by atoms with Crippen molar-refractivity contribution in [3.63, 3.8) is 0 Å². The maximum absolute atomic E-state index is 11.3. The Hall–Kier alpha value is -2.05. The van der Waals surface area contributed by atoms with Gasteiger partial charge in [-0.25, -0.2) is 0 Å². The zero-order valence-corrected chi connectivity index (χ0v) is 19.4. The van der Waals surface area contributed by atoms with E-state index in [9.17, 15) is 18.1 Å². The average Bonchev–Trinajstić information content (AvgIpc) is 2.73. The van der Waals surface area contributed by atoms with Crippen molar-refractivity contribution in [1.29, 1.82) is 0 Å². The minimum atomic E-state index is -4.36. The summed E-state index contributed by atoms with van der Waals surface area (Å²) in [4.78, 5) is -0.322. The Morgan fingerprint density at radius 2 is 1.42 bits per heavy atom.